The smallest absolute Gasteiger partial charge is 0.216 e. The molecule has 2 rings (SSSR count). The van der Waals surface area contributed by atoms with Crippen molar-refractivity contribution in [2.45, 2.75) is 6.92 Å². The van der Waals surface area contributed by atoms with E-state index in [0.29, 0.717) is 11.3 Å². The van der Waals surface area contributed by atoms with E-state index in [2.05, 4.69) is 25.9 Å². The fourth-order valence-electron chi connectivity index (χ4n) is 1.31. The molecule has 0 saturated heterocycles. The lowest BCUT2D eigenvalue weighted by Gasteiger charge is -2.03. The van der Waals surface area contributed by atoms with Crippen LogP contribution >= 0.6 is 0 Å². The molecule has 1 aromatic heterocycles. The van der Waals surface area contributed by atoms with Crippen LogP contribution in [0.25, 0.3) is 5.57 Å². The molecule has 0 unspecified atom stereocenters. The molecule has 0 spiro atoms. The average Bonchev–Trinajstić information content (AvgIpc) is 2.88. The van der Waals surface area contributed by atoms with Gasteiger partial charge in [0.1, 0.15) is 17.5 Å². The van der Waals surface area contributed by atoms with Crippen molar-refractivity contribution < 1.29 is 4.39 Å². The van der Waals surface area contributed by atoms with Gasteiger partial charge in [0.25, 0.3) is 0 Å². The molecule has 0 fully saturated rings. The number of nitrogens with one attached hydrogen (secondary N) is 2. The van der Waals surface area contributed by atoms with E-state index in [-0.39, 0.29) is 17.2 Å². The van der Waals surface area contributed by atoms with E-state index in [1.165, 1.54) is 12.3 Å². The van der Waals surface area contributed by atoms with Gasteiger partial charge in [0.15, 0.2) is 0 Å². The van der Waals surface area contributed by atoms with E-state index in [1.807, 2.05) is 6.07 Å². The third-order valence-electron chi connectivity index (χ3n) is 2.25. The van der Waals surface area contributed by atoms with E-state index in [1.54, 1.807) is 19.1 Å². The van der Waals surface area contributed by atoms with Crippen LogP contribution in [-0.2, 0) is 0 Å². The van der Waals surface area contributed by atoms with Gasteiger partial charge >= 0.3 is 0 Å². The van der Waals surface area contributed by atoms with Crippen LogP contribution in [0.15, 0.2) is 24.4 Å². The second kappa shape index (κ2) is 5.05. The summed E-state index contributed by atoms with van der Waals surface area (Å²) in [6.45, 7) is 1.66. The monoisotopic (exact) mass is 244 g/mol. The van der Waals surface area contributed by atoms with Crippen LogP contribution in [0.3, 0.4) is 0 Å². The van der Waals surface area contributed by atoms with Crippen molar-refractivity contribution in [3.05, 3.63) is 41.6 Å². The number of halogens is 1. The van der Waals surface area contributed by atoms with Gasteiger partial charge in [0.2, 0.25) is 5.82 Å². The van der Waals surface area contributed by atoms with E-state index >= 15 is 0 Å². The number of aromatic amines is 1. The van der Waals surface area contributed by atoms with E-state index in [9.17, 15) is 4.39 Å². The molecule has 0 amide bonds. The summed E-state index contributed by atoms with van der Waals surface area (Å²) in [4.78, 5) is 0. The summed E-state index contributed by atoms with van der Waals surface area (Å²) in [5, 5.41) is 24.8. The maximum Gasteiger partial charge on any atom is 0.216 e. The Morgan fingerprint density at radius 2 is 2.39 bits per heavy atom. The van der Waals surface area contributed by atoms with Crippen LogP contribution in [0.5, 0.6) is 0 Å². The van der Waals surface area contributed by atoms with E-state index in [4.69, 9.17) is 5.26 Å². The average molecular weight is 244 g/mol. The highest BCUT2D eigenvalue weighted by Crippen LogP contribution is 2.15. The van der Waals surface area contributed by atoms with Crippen molar-refractivity contribution >= 4 is 11.3 Å². The van der Waals surface area contributed by atoms with Crippen LogP contribution < -0.4 is 5.32 Å². The first-order valence-corrected chi connectivity index (χ1v) is 5.07. The number of rotatable bonds is 3. The number of anilines is 1. The van der Waals surface area contributed by atoms with Crippen molar-refractivity contribution in [3.63, 3.8) is 0 Å². The number of H-pyrrole nitrogens is 1. The lowest BCUT2D eigenvalue weighted by atomic mass is 10.2. The lowest BCUT2D eigenvalue weighted by Crippen LogP contribution is -1.94. The standard InChI is InChI=1S/C11H9FN6/c1-7-4-9(2-3-10(7)12)14-6-8(5-13)11-15-17-18-16-11/h2-4,6,14H,1H3,(H,15,16,17,18). The molecular weight excluding hydrogens is 235 g/mol. The largest absolute Gasteiger partial charge is 0.360 e. The predicted octanol–water partition coefficient (Wildman–Crippen LogP) is 1.62. The normalized spacial score (nSPS) is 11.1. The molecule has 7 heteroatoms. The Bertz CT molecular complexity index is 611. The van der Waals surface area contributed by atoms with Gasteiger partial charge in [0, 0.05) is 11.9 Å². The van der Waals surface area contributed by atoms with Crippen molar-refractivity contribution in [1.29, 1.82) is 5.26 Å². The quantitative estimate of drug-likeness (QED) is 0.801. The molecule has 0 atom stereocenters. The first-order chi connectivity index (χ1) is 8.70. The molecular formula is C11H9FN6. The number of nitriles is 1. The number of benzene rings is 1. The lowest BCUT2D eigenvalue weighted by molar-refractivity contribution is 0.619. The fraction of sp³-hybridized carbons (Fsp3) is 0.0909. The Balaban J connectivity index is 2.19. The van der Waals surface area contributed by atoms with Gasteiger partial charge in [-0.15, -0.1) is 10.2 Å². The number of nitrogens with zero attached hydrogens (tertiary/aromatic N) is 4. The number of hydrogen-bond acceptors (Lipinski definition) is 5. The zero-order valence-corrected chi connectivity index (χ0v) is 9.48. The minimum absolute atomic E-state index is 0.198. The molecule has 0 aliphatic rings. The molecule has 0 aliphatic heterocycles. The maximum absolute atomic E-state index is 13.1. The van der Waals surface area contributed by atoms with Gasteiger partial charge in [-0.2, -0.15) is 10.5 Å². The molecule has 2 aromatic rings. The van der Waals surface area contributed by atoms with Crippen molar-refractivity contribution in [3.8, 4) is 6.07 Å². The second-order valence-corrected chi connectivity index (χ2v) is 3.51. The van der Waals surface area contributed by atoms with Crippen molar-refractivity contribution in [1.82, 2.24) is 20.6 Å². The fourth-order valence-corrected chi connectivity index (χ4v) is 1.31. The third-order valence-corrected chi connectivity index (χ3v) is 2.25. The van der Waals surface area contributed by atoms with Crippen LogP contribution in [0.1, 0.15) is 11.4 Å². The minimum atomic E-state index is -0.275. The number of aryl methyl sites for hydroxylation is 1. The van der Waals surface area contributed by atoms with E-state index in [0.717, 1.165) is 0 Å². The molecule has 0 saturated carbocycles. The summed E-state index contributed by atoms with van der Waals surface area (Å²) >= 11 is 0. The molecule has 1 heterocycles. The first kappa shape index (κ1) is 11.7. The Morgan fingerprint density at radius 3 is 3.00 bits per heavy atom. The molecule has 2 N–H and O–H groups in total. The number of allylic oxidation sites excluding steroid dienone is 1. The van der Waals surface area contributed by atoms with Crippen LogP contribution in [-0.4, -0.2) is 20.6 Å². The van der Waals surface area contributed by atoms with Crippen molar-refractivity contribution in [2.24, 2.45) is 0 Å². The summed E-state index contributed by atoms with van der Waals surface area (Å²) in [5.41, 5.74) is 1.42. The summed E-state index contributed by atoms with van der Waals surface area (Å²) < 4.78 is 13.1. The molecule has 6 nitrogen and oxygen atoms in total. The van der Waals surface area contributed by atoms with Gasteiger partial charge in [-0.1, -0.05) is 0 Å². The van der Waals surface area contributed by atoms with Crippen molar-refractivity contribution in [2.75, 3.05) is 5.32 Å². The van der Waals surface area contributed by atoms with Crippen LogP contribution in [0, 0.1) is 24.1 Å². The zero-order valence-electron chi connectivity index (χ0n) is 9.48. The predicted molar refractivity (Wildman–Crippen MR) is 62.5 cm³/mol. The van der Waals surface area contributed by atoms with Gasteiger partial charge in [-0.05, 0) is 35.9 Å². The summed E-state index contributed by atoms with van der Waals surface area (Å²) in [5.74, 6) is -0.0768. The summed E-state index contributed by atoms with van der Waals surface area (Å²) in [6.07, 6.45) is 1.44. The first-order valence-electron chi connectivity index (χ1n) is 5.07. The number of aromatic nitrogens is 4. The Morgan fingerprint density at radius 1 is 1.56 bits per heavy atom. The Kier molecular flexibility index (Phi) is 3.29. The number of hydrogen-bond donors (Lipinski definition) is 2. The summed E-state index contributed by atoms with van der Waals surface area (Å²) in [7, 11) is 0. The molecule has 1 aromatic carbocycles. The van der Waals surface area contributed by atoms with Crippen LogP contribution in [0.4, 0.5) is 10.1 Å². The molecule has 0 aliphatic carbocycles. The molecule has 18 heavy (non-hydrogen) atoms. The van der Waals surface area contributed by atoms with Gasteiger partial charge < -0.3 is 5.32 Å². The molecule has 0 radical (unpaired) electrons. The number of tetrazole rings is 1. The highest BCUT2D eigenvalue weighted by Gasteiger charge is 2.05. The second-order valence-electron chi connectivity index (χ2n) is 3.51. The Hall–Kier alpha value is -2.75. The highest BCUT2D eigenvalue weighted by molar-refractivity contribution is 5.74. The molecule has 90 valence electrons. The van der Waals surface area contributed by atoms with E-state index < -0.39 is 0 Å². The highest BCUT2D eigenvalue weighted by atomic mass is 19.1. The third kappa shape index (κ3) is 2.49. The maximum atomic E-state index is 13.1. The summed E-state index contributed by atoms with van der Waals surface area (Å²) in [6, 6.07) is 6.50. The minimum Gasteiger partial charge on any atom is -0.360 e. The topological polar surface area (TPSA) is 90.3 Å². The van der Waals surface area contributed by atoms with Crippen LogP contribution in [0.2, 0.25) is 0 Å². The Labute approximate surface area is 102 Å². The molecule has 0 bridgehead atoms. The van der Waals surface area contributed by atoms with Gasteiger partial charge in [-0.3, -0.25) is 0 Å². The van der Waals surface area contributed by atoms with Gasteiger partial charge in [-0.25, -0.2) is 4.39 Å². The van der Waals surface area contributed by atoms with Gasteiger partial charge in [0.05, 0.1) is 0 Å². The SMILES string of the molecule is Cc1cc(NC=C(C#N)c2nn[nH]n2)ccc1F. The zero-order chi connectivity index (χ0) is 13.0.